The number of guanidine groups is 1. The van der Waals surface area contributed by atoms with Crippen molar-refractivity contribution in [3.8, 4) is 0 Å². The molecule has 4 nitrogen and oxygen atoms in total. The van der Waals surface area contributed by atoms with Gasteiger partial charge in [-0.25, -0.2) is 0 Å². The van der Waals surface area contributed by atoms with Crippen molar-refractivity contribution in [1.29, 1.82) is 0 Å². The van der Waals surface area contributed by atoms with Crippen LogP contribution in [0.4, 0.5) is 0 Å². The van der Waals surface area contributed by atoms with Crippen LogP contribution in [0.15, 0.2) is 4.99 Å². The lowest BCUT2D eigenvalue weighted by Crippen LogP contribution is -2.47. The number of aliphatic imine (C=N–C) groups is 1. The van der Waals surface area contributed by atoms with E-state index in [1.54, 1.807) is 7.11 Å². The molecule has 0 unspecified atom stereocenters. The molecule has 0 aromatic rings. The standard InChI is InChI=1S/C12H25N3O/c1-4-12(5-2,16-3)10-15-11-13-8-6-7-9-14-11/h4-10H2,1-3H3,(H2,13,14,15). The predicted molar refractivity (Wildman–Crippen MR) is 67.9 cm³/mol. The number of hydrogen-bond acceptors (Lipinski definition) is 4. The van der Waals surface area contributed by atoms with Crippen molar-refractivity contribution >= 4 is 5.96 Å². The number of methoxy groups -OCH3 is 1. The maximum Gasteiger partial charge on any atom is 0.191 e. The monoisotopic (exact) mass is 227 g/mol. The van der Waals surface area contributed by atoms with Gasteiger partial charge in [0.05, 0.1) is 5.60 Å². The van der Waals surface area contributed by atoms with Gasteiger partial charge in [-0.2, -0.15) is 0 Å². The van der Waals surface area contributed by atoms with Crippen LogP contribution in [0.2, 0.25) is 0 Å². The summed E-state index contributed by atoms with van der Waals surface area (Å²) >= 11 is 0. The molecule has 0 atom stereocenters. The molecule has 0 spiro atoms. The van der Waals surface area contributed by atoms with Gasteiger partial charge in [-0.1, -0.05) is 13.8 Å². The molecule has 16 heavy (non-hydrogen) atoms. The minimum atomic E-state index is -0.0590. The third kappa shape index (κ3) is 3.67. The summed E-state index contributed by atoms with van der Waals surface area (Å²) in [5, 5.41) is 6.68. The Morgan fingerprint density at radius 1 is 1.38 bits per heavy atom. The van der Waals surface area contributed by atoms with E-state index in [-0.39, 0.29) is 5.60 Å². The lowest BCUT2D eigenvalue weighted by Gasteiger charge is -2.31. The predicted octanol–water partition coefficient (Wildman–Crippen LogP) is 1.52. The third-order valence-corrected chi connectivity index (χ3v) is 3.45. The Bertz CT molecular complexity index is 216. The Morgan fingerprint density at radius 2 is 2.12 bits per heavy atom. The Kier molecular flexibility index (Phi) is 5.60. The molecule has 1 heterocycles. The first-order valence-corrected chi connectivity index (χ1v) is 6.33. The van der Waals surface area contributed by atoms with Crippen LogP contribution in [0.3, 0.4) is 0 Å². The van der Waals surface area contributed by atoms with Crippen LogP contribution < -0.4 is 10.6 Å². The molecule has 1 rings (SSSR count). The first-order valence-electron chi connectivity index (χ1n) is 6.33. The van der Waals surface area contributed by atoms with Crippen LogP contribution in [-0.4, -0.2) is 38.3 Å². The van der Waals surface area contributed by atoms with Crippen molar-refractivity contribution in [3.63, 3.8) is 0 Å². The maximum absolute atomic E-state index is 5.61. The SMILES string of the molecule is CCC(CC)(CNC1=NCCCCN1)OC. The average molecular weight is 227 g/mol. The number of nitrogens with zero attached hydrogens (tertiary/aromatic N) is 1. The summed E-state index contributed by atoms with van der Waals surface area (Å²) in [5.41, 5.74) is -0.0590. The van der Waals surface area contributed by atoms with Crippen LogP contribution in [0.1, 0.15) is 39.5 Å². The largest absolute Gasteiger partial charge is 0.376 e. The second-order valence-corrected chi connectivity index (χ2v) is 4.31. The first kappa shape index (κ1) is 13.3. The van der Waals surface area contributed by atoms with Crippen LogP contribution in [0.25, 0.3) is 0 Å². The van der Waals surface area contributed by atoms with Gasteiger partial charge >= 0.3 is 0 Å². The van der Waals surface area contributed by atoms with Gasteiger partial charge in [0.25, 0.3) is 0 Å². The molecule has 0 saturated carbocycles. The Hall–Kier alpha value is -0.770. The molecule has 2 N–H and O–H groups in total. The van der Waals surface area contributed by atoms with Crippen molar-refractivity contribution in [1.82, 2.24) is 10.6 Å². The fraction of sp³-hybridized carbons (Fsp3) is 0.917. The highest BCUT2D eigenvalue weighted by Gasteiger charge is 2.25. The zero-order chi connectivity index (χ0) is 11.9. The summed E-state index contributed by atoms with van der Waals surface area (Å²) in [4.78, 5) is 4.47. The summed E-state index contributed by atoms with van der Waals surface area (Å²) in [6, 6.07) is 0. The minimum absolute atomic E-state index is 0.0590. The summed E-state index contributed by atoms with van der Waals surface area (Å²) in [6.45, 7) is 7.09. The fourth-order valence-electron chi connectivity index (χ4n) is 1.91. The van der Waals surface area contributed by atoms with E-state index in [0.29, 0.717) is 0 Å². The van der Waals surface area contributed by atoms with Crippen LogP contribution in [0, 0.1) is 0 Å². The Balaban J connectivity index is 2.44. The van der Waals surface area contributed by atoms with Crippen molar-refractivity contribution in [3.05, 3.63) is 0 Å². The van der Waals surface area contributed by atoms with Crippen molar-refractivity contribution < 1.29 is 4.74 Å². The van der Waals surface area contributed by atoms with E-state index in [9.17, 15) is 0 Å². The van der Waals surface area contributed by atoms with Gasteiger partial charge in [-0.15, -0.1) is 0 Å². The second kappa shape index (κ2) is 6.74. The van der Waals surface area contributed by atoms with E-state index in [2.05, 4.69) is 29.5 Å². The minimum Gasteiger partial charge on any atom is -0.376 e. The number of ether oxygens (including phenoxy) is 1. The molecule has 0 aromatic heterocycles. The van der Waals surface area contributed by atoms with Gasteiger partial charge in [0.15, 0.2) is 5.96 Å². The van der Waals surface area contributed by atoms with Crippen molar-refractivity contribution in [2.45, 2.75) is 45.1 Å². The number of hydrogen-bond donors (Lipinski definition) is 2. The molecule has 4 heteroatoms. The van der Waals surface area contributed by atoms with E-state index in [1.165, 1.54) is 12.8 Å². The van der Waals surface area contributed by atoms with Gasteiger partial charge < -0.3 is 15.4 Å². The molecule has 0 aliphatic carbocycles. The van der Waals surface area contributed by atoms with E-state index < -0.39 is 0 Å². The molecular weight excluding hydrogens is 202 g/mol. The highest BCUT2D eigenvalue weighted by Crippen LogP contribution is 2.18. The van der Waals surface area contributed by atoms with E-state index in [0.717, 1.165) is 38.4 Å². The van der Waals surface area contributed by atoms with Crippen LogP contribution in [0.5, 0.6) is 0 Å². The highest BCUT2D eigenvalue weighted by molar-refractivity contribution is 5.80. The van der Waals surface area contributed by atoms with Gasteiger partial charge in [-0.05, 0) is 25.7 Å². The quantitative estimate of drug-likeness (QED) is 0.748. The van der Waals surface area contributed by atoms with Gasteiger partial charge in [-0.3, -0.25) is 4.99 Å². The summed E-state index contributed by atoms with van der Waals surface area (Å²) in [7, 11) is 1.79. The van der Waals surface area contributed by atoms with Crippen LogP contribution in [-0.2, 0) is 4.74 Å². The molecule has 0 aromatic carbocycles. The maximum atomic E-state index is 5.61. The molecule has 0 bridgehead atoms. The topological polar surface area (TPSA) is 45.7 Å². The van der Waals surface area contributed by atoms with Crippen LogP contribution >= 0.6 is 0 Å². The van der Waals surface area contributed by atoms with Gasteiger partial charge in [0.2, 0.25) is 0 Å². The number of rotatable bonds is 5. The first-order chi connectivity index (χ1) is 7.76. The van der Waals surface area contributed by atoms with E-state index >= 15 is 0 Å². The smallest absolute Gasteiger partial charge is 0.191 e. The molecule has 1 aliphatic rings. The Labute approximate surface area is 98.9 Å². The average Bonchev–Trinajstić information content (AvgIpc) is 2.60. The zero-order valence-corrected chi connectivity index (χ0v) is 10.8. The molecule has 0 fully saturated rings. The molecular formula is C12H25N3O. The van der Waals surface area contributed by atoms with E-state index in [4.69, 9.17) is 4.74 Å². The zero-order valence-electron chi connectivity index (χ0n) is 10.8. The highest BCUT2D eigenvalue weighted by atomic mass is 16.5. The summed E-state index contributed by atoms with van der Waals surface area (Å²) in [5.74, 6) is 0.931. The lowest BCUT2D eigenvalue weighted by atomic mass is 9.97. The molecule has 0 saturated heterocycles. The summed E-state index contributed by atoms with van der Waals surface area (Å²) in [6.07, 6.45) is 4.40. The second-order valence-electron chi connectivity index (χ2n) is 4.31. The van der Waals surface area contributed by atoms with Gasteiger partial charge in [0.1, 0.15) is 0 Å². The van der Waals surface area contributed by atoms with Crippen molar-refractivity contribution in [2.24, 2.45) is 4.99 Å². The summed E-state index contributed by atoms with van der Waals surface area (Å²) < 4.78 is 5.61. The molecule has 0 amide bonds. The van der Waals surface area contributed by atoms with Crippen molar-refractivity contribution in [2.75, 3.05) is 26.7 Å². The van der Waals surface area contributed by atoms with E-state index in [1.807, 2.05) is 0 Å². The normalized spacial score (nSPS) is 17.3. The molecule has 94 valence electrons. The lowest BCUT2D eigenvalue weighted by molar-refractivity contribution is -0.0124. The molecule has 0 radical (unpaired) electrons. The number of nitrogens with one attached hydrogen (secondary N) is 2. The third-order valence-electron chi connectivity index (χ3n) is 3.45. The fourth-order valence-corrected chi connectivity index (χ4v) is 1.91. The van der Waals surface area contributed by atoms with Gasteiger partial charge in [0, 0.05) is 26.7 Å². The molecule has 1 aliphatic heterocycles. The Morgan fingerprint density at radius 3 is 2.75 bits per heavy atom.